The van der Waals surface area contributed by atoms with Crippen LogP contribution >= 0.6 is 0 Å². The minimum atomic E-state index is -1.54. The summed E-state index contributed by atoms with van der Waals surface area (Å²) in [6.45, 7) is 10.9. The fraction of sp³-hybridized carbons (Fsp3) is 0.529. The Morgan fingerprint density at radius 1 is 1.40 bits per heavy atom. The van der Waals surface area contributed by atoms with E-state index in [4.69, 9.17) is 9.15 Å². The Balaban J connectivity index is 2.51. The van der Waals surface area contributed by atoms with Crippen LogP contribution in [-0.4, -0.2) is 15.2 Å². The zero-order valence-electron chi connectivity index (χ0n) is 13.2. The molecule has 0 aromatic carbocycles. The molecule has 0 atom stereocenters. The second kappa shape index (κ2) is 6.04. The van der Waals surface area contributed by atoms with E-state index in [-0.39, 0.29) is 0 Å². The Labute approximate surface area is 123 Å². The van der Waals surface area contributed by atoms with Gasteiger partial charge in [0.1, 0.15) is 5.76 Å². The lowest BCUT2D eigenvalue weighted by molar-refractivity contribution is 0.280. The Morgan fingerprint density at radius 2 is 2.15 bits per heavy atom. The molecule has 110 valence electrons. The molecule has 1 aliphatic rings. The molecular formula is C17H26O2Si. The molecule has 0 amide bonds. The first-order valence-electron chi connectivity index (χ1n) is 7.47. The van der Waals surface area contributed by atoms with Gasteiger partial charge >= 0.3 is 0 Å². The van der Waals surface area contributed by atoms with E-state index in [1.54, 1.807) is 7.11 Å². The quantitative estimate of drug-likeness (QED) is 0.419. The molecule has 0 bridgehead atoms. The summed E-state index contributed by atoms with van der Waals surface area (Å²) in [4.78, 5) is 0. The number of fused-ring (bicyclic) bond motifs is 1. The highest BCUT2D eigenvalue weighted by Gasteiger charge is 2.32. The zero-order valence-corrected chi connectivity index (χ0v) is 14.2. The van der Waals surface area contributed by atoms with Gasteiger partial charge in [-0.1, -0.05) is 25.7 Å². The Morgan fingerprint density at radius 3 is 2.75 bits per heavy atom. The lowest BCUT2D eigenvalue weighted by Crippen LogP contribution is -2.25. The number of furan rings is 1. The average Bonchev–Trinajstić information content (AvgIpc) is 2.96. The second-order valence-electron chi connectivity index (χ2n) is 6.50. The van der Waals surface area contributed by atoms with Crippen LogP contribution in [0.5, 0.6) is 0 Å². The summed E-state index contributed by atoms with van der Waals surface area (Å²) in [6, 6.07) is 0. The topological polar surface area (TPSA) is 22.4 Å². The van der Waals surface area contributed by atoms with Crippen molar-refractivity contribution in [1.82, 2.24) is 0 Å². The van der Waals surface area contributed by atoms with E-state index >= 15 is 0 Å². The molecular weight excluding hydrogens is 264 g/mol. The largest absolute Gasteiger partial charge is 0.501 e. The number of methoxy groups -OCH3 is 1. The van der Waals surface area contributed by atoms with Crippen molar-refractivity contribution in [2.45, 2.75) is 51.7 Å². The summed E-state index contributed by atoms with van der Waals surface area (Å²) in [5.74, 6) is 2.20. The van der Waals surface area contributed by atoms with Gasteiger partial charge < -0.3 is 9.15 Å². The first kappa shape index (κ1) is 15.2. The van der Waals surface area contributed by atoms with Crippen LogP contribution in [0.1, 0.15) is 36.1 Å². The smallest absolute Gasteiger partial charge is 0.132 e. The van der Waals surface area contributed by atoms with Crippen molar-refractivity contribution in [3.63, 3.8) is 0 Å². The number of aryl methyl sites for hydroxylation is 1. The van der Waals surface area contributed by atoms with E-state index in [2.05, 4.69) is 26.2 Å². The average molecular weight is 290 g/mol. The van der Waals surface area contributed by atoms with Crippen molar-refractivity contribution in [2.75, 3.05) is 7.11 Å². The Bertz CT molecular complexity index is 518. The molecule has 0 aliphatic heterocycles. The van der Waals surface area contributed by atoms with Crippen LogP contribution in [-0.2, 0) is 17.6 Å². The number of hydrogen-bond acceptors (Lipinski definition) is 2. The first-order chi connectivity index (χ1) is 9.49. The molecule has 0 saturated carbocycles. The normalized spacial score (nSPS) is 15.8. The number of hydrogen-bond donors (Lipinski definition) is 0. The maximum atomic E-state index is 5.96. The molecule has 1 aromatic heterocycles. The van der Waals surface area contributed by atoms with Crippen molar-refractivity contribution < 1.29 is 9.15 Å². The highest BCUT2D eigenvalue weighted by atomic mass is 28.3. The molecule has 3 heteroatoms. The molecule has 2 rings (SSSR count). The molecule has 0 radical (unpaired) electrons. The van der Waals surface area contributed by atoms with E-state index in [0.29, 0.717) is 0 Å². The van der Waals surface area contributed by atoms with Gasteiger partial charge in [-0.25, -0.2) is 0 Å². The van der Waals surface area contributed by atoms with E-state index in [9.17, 15) is 0 Å². The van der Waals surface area contributed by atoms with Gasteiger partial charge in [0, 0.05) is 17.2 Å². The van der Waals surface area contributed by atoms with Crippen molar-refractivity contribution in [3.8, 4) is 0 Å². The monoisotopic (exact) mass is 290 g/mol. The second-order valence-corrected chi connectivity index (χ2v) is 11.5. The van der Waals surface area contributed by atoms with E-state index in [0.717, 1.165) is 37.2 Å². The van der Waals surface area contributed by atoms with Crippen LogP contribution in [0.25, 0.3) is 5.20 Å². The lowest BCUT2D eigenvalue weighted by atomic mass is 10.1. The third-order valence-corrected chi connectivity index (χ3v) is 5.94. The van der Waals surface area contributed by atoms with Gasteiger partial charge in [-0.05, 0) is 31.2 Å². The van der Waals surface area contributed by atoms with Gasteiger partial charge in [0.25, 0.3) is 0 Å². The van der Waals surface area contributed by atoms with Gasteiger partial charge in [-0.15, -0.1) is 6.58 Å². The number of rotatable bonds is 6. The van der Waals surface area contributed by atoms with E-state index in [1.807, 2.05) is 12.3 Å². The zero-order chi connectivity index (χ0) is 14.8. The van der Waals surface area contributed by atoms with Crippen LogP contribution in [0.3, 0.4) is 0 Å². The van der Waals surface area contributed by atoms with Crippen LogP contribution in [0.15, 0.2) is 29.1 Å². The standard InChI is InChI=1S/C17H26O2Si/c1-6-7-11-15(18-2)17(20(3,4)5)16-14-10-8-9-13(14)12-19-16/h6,12H,1,7-11H2,2-5H3/b17-15+. The Hall–Kier alpha value is -1.22. The maximum Gasteiger partial charge on any atom is 0.132 e. The summed E-state index contributed by atoms with van der Waals surface area (Å²) in [6.07, 6.45) is 9.32. The molecule has 0 saturated heterocycles. The predicted octanol–water partition coefficient (Wildman–Crippen LogP) is 4.97. The third kappa shape index (κ3) is 2.93. The summed E-state index contributed by atoms with van der Waals surface area (Å²) < 4.78 is 11.7. The SMILES string of the molecule is C=CCC/C(OC)=C(/c1occ2c1CCC2)[Si](C)(C)C. The number of allylic oxidation sites excluding steroid dienone is 2. The van der Waals surface area contributed by atoms with Gasteiger partial charge in [-0.3, -0.25) is 0 Å². The predicted molar refractivity (Wildman–Crippen MR) is 87.4 cm³/mol. The van der Waals surface area contributed by atoms with Crippen LogP contribution in [0, 0.1) is 0 Å². The molecule has 2 nitrogen and oxygen atoms in total. The van der Waals surface area contributed by atoms with E-state index < -0.39 is 8.07 Å². The number of ether oxygens (including phenoxy) is 1. The third-order valence-electron chi connectivity index (χ3n) is 3.93. The van der Waals surface area contributed by atoms with Crippen LogP contribution in [0.4, 0.5) is 0 Å². The molecule has 1 aromatic rings. The summed E-state index contributed by atoms with van der Waals surface area (Å²) in [7, 11) is 0.238. The molecule has 0 fully saturated rings. The fourth-order valence-corrected chi connectivity index (χ4v) is 4.97. The van der Waals surface area contributed by atoms with Gasteiger partial charge in [0.05, 0.1) is 27.2 Å². The lowest BCUT2D eigenvalue weighted by Gasteiger charge is -2.24. The highest BCUT2D eigenvalue weighted by Crippen LogP contribution is 2.38. The molecule has 20 heavy (non-hydrogen) atoms. The fourth-order valence-electron chi connectivity index (χ4n) is 3.02. The molecule has 0 unspecified atom stereocenters. The maximum absolute atomic E-state index is 5.96. The van der Waals surface area contributed by atoms with Crippen molar-refractivity contribution in [3.05, 3.63) is 41.6 Å². The summed E-state index contributed by atoms with van der Waals surface area (Å²) in [5, 5.41) is 1.35. The van der Waals surface area contributed by atoms with Gasteiger partial charge in [-0.2, -0.15) is 0 Å². The molecule has 0 N–H and O–H groups in total. The van der Waals surface area contributed by atoms with Crippen LogP contribution in [0.2, 0.25) is 19.6 Å². The van der Waals surface area contributed by atoms with E-state index in [1.165, 1.54) is 22.7 Å². The minimum Gasteiger partial charge on any atom is -0.501 e. The summed E-state index contributed by atoms with van der Waals surface area (Å²) >= 11 is 0. The van der Waals surface area contributed by atoms with Gasteiger partial charge in [0.2, 0.25) is 0 Å². The van der Waals surface area contributed by atoms with Crippen LogP contribution < -0.4 is 0 Å². The molecule has 1 aliphatic carbocycles. The first-order valence-corrected chi connectivity index (χ1v) is 11.0. The molecule has 1 heterocycles. The van der Waals surface area contributed by atoms with Crippen molar-refractivity contribution in [1.29, 1.82) is 0 Å². The highest BCUT2D eigenvalue weighted by molar-refractivity contribution is 6.93. The van der Waals surface area contributed by atoms with Crippen molar-refractivity contribution >= 4 is 13.3 Å². The van der Waals surface area contributed by atoms with Crippen molar-refractivity contribution in [2.24, 2.45) is 0 Å². The minimum absolute atomic E-state index is 0.912. The van der Waals surface area contributed by atoms with Gasteiger partial charge in [0.15, 0.2) is 0 Å². The summed E-state index contributed by atoms with van der Waals surface area (Å²) in [5.41, 5.74) is 2.82. The Kier molecular flexibility index (Phi) is 4.58. The molecule has 0 spiro atoms.